The van der Waals surface area contributed by atoms with Crippen molar-refractivity contribution in [3.63, 3.8) is 0 Å². The molecule has 1 heterocycles. The third kappa shape index (κ3) is 5.33. The van der Waals surface area contributed by atoms with E-state index in [1.807, 2.05) is 43.3 Å². The number of carbonyl (C=O) groups is 1. The summed E-state index contributed by atoms with van der Waals surface area (Å²) in [6, 6.07) is 13.7. The van der Waals surface area contributed by atoms with Gasteiger partial charge in [-0.05, 0) is 49.2 Å². The molecule has 28 heavy (non-hydrogen) atoms. The van der Waals surface area contributed by atoms with Crippen LogP contribution in [0.2, 0.25) is 0 Å². The maximum absolute atomic E-state index is 12.0. The molecule has 5 nitrogen and oxygen atoms in total. The molecule has 0 unspecified atom stereocenters. The number of nitrogens with zero attached hydrogens (tertiary/aromatic N) is 1. The van der Waals surface area contributed by atoms with Gasteiger partial charge in [-0.2, -0.15) is 0 Å². The molecule has 0 bridgehead atoms. The molecular weight excluding hydrogens is 372 g/mol. The van der Waals surface area contributed by atoms with Crippen LogP contribution in [0.15, 0.2) is 48.5 Å². The molecular formula is C22H24N2O3S. The van der Waals surface area contributed by atoms with Gasteiger partial charge in [0, 0.05) is 19.0 Å². The van der Waals surface area contributed by atoms with Crippen molar-refractivity contribution in [1.29, 1.82) is 0 Å². The SMILES string of the molecule is CCOc1cc(C=CC(=O)NCCCc2nc3ccccc3s2)ccc1OC. The predicted molar refractivity (Wildman–Crippen MR) is 114 cm³/mol. The summed E-state index contributed by atoms with van der Waals surface area (Å²) in [6.07, 6.45) is 5.02. The van der Waals surface area contributed by atoms with Crippen molar-refractivity contribution in [2.24, 2.45) is 0 Å². The highest BCUT2D eigenvalue weighted by molar-refractivity contribution is 7.18. The number of aromatic nitrogens is 1. The zero-order valence-corrected chi connectivity index (χ0v) is 16.9. The molecule has 1 aromatic heterocycles. The number of thiazole rings is 1. The first-order chi connectivity index (χ1) is 13.7. The summed E-state index contributed by atoms with van der Waals surface area (Å²) >= 11 is 1.71. The van der Waals surface area contributed by atoms with Crippen molar-refractivity contribution >= 4 is 33.5 Å². The molecule has 146 valence electrons. The van der Waals surface area contributed by atoms with Crippen molar-refractivity contribution < 1.29 is 14.3 Å². The van der Waals surface area contributed by atoms with E-state index in [0.717, 1.165) is 28.9 Å². The minimum atomic E-state index is -0.113. The minimum absolute atomic E-state index is 0.113. The number of amides is 1. The average Bonchev–Trinajstić information content (AvgIpc) is 3.13. The van der Waals surface area contributed by atoms with E-state index in [1.165, 1.54) is 10.8 Å². The molecule has 0 radical (unpaired) electrons. The Kier molecular flexibility index (Phi) is 7.03. The lowest BCUT2D eigenvalue weighted by Crippen LogP contribution is -2.22. The minimum Gasteiger partial charge on any atom is -0.493 e. The molecule has 0 fully saturated rings. The molecule has 1 N–H and O–H groups in total. The van der Waals surface area contributed by atoms with Crippen LogP contribution in [0.4, 0.5) is 0 Å². The lowest BCUT2D eigenvalue weighted by Gasteiger charge is -2.09. The number of carbonyl (C=O) groups excluding carboxylic acids is 1. The summed E-state index contributed by atoms with van der Waals surface area (Å²) in [5, 5.41) is 4.02. The summed E-state index contributed by atoms with van der Waals surface area (Å²) in [6.45, 7) is 3.09. The van der Waals surface area contributed by atoms with Crippen LogP contribution in [0.5, 0.6) is 11.5 Å². The Morgan fingerprint density at radius 1 is 1.21 bits per heavy atom. The number of ether oxygens (including phenoxy) is 2. The Morgan fingerprint density at radius 3 is 2.86 bits per heavy atom. The number of hydrogen-bond acceptors (Lipinski definition) is 5. The molecule has 0 saturated carbocycles. The van der Waals surface area contributed by atoms with Gasteiger partial charge in [0.05, 0.1) is 28.9 Å². The van der Waals surface area contributed by atoms with Gasteiger partial charge in [-0.15, -0.1) is 11.3 Å². The molecule has 0 atom stereocenters. The largest absolute Gasteiger partial charge is 0.493 e. The summed E-state index contributed by atoms with van der Waals surface area (Å²) in [4.78, 5) is 16.6. The third-order valence-electron chi connectivity index (χ3n) is 4.12. The first kappa shape index (κ1) is 19.9. The van der Waals surface area contributed by atoms with Crippen LogP contribution in [0.25, 0.3) is 16.3 Å². The van der Waals surface area contributed by atoms with Crippen LogP contribution in [0.1, 0.15) is 23.9 Å². The van der Waals surface area contributed by atoms with Crippen LogP contribution in [-0.4, -0.2) is 31.2 Å². The van der Waals surface area contributed by atoms with E-state index in [9.17, 15) is 4.79 Å². The van der Waals surface area contributed by atoms with E-state index in [-0.39, 0.29) is 5.91 Å². The summed E-state index contributed by atoms with van der Waals surface area (Å²) in [7, 11) is 1.61. The van der Waals surface area contributed by atoms with E-state index in [4.69, 9.17) is 9.47 Å². The first-order valence-electron chi connectivity index (χ1n) is 9.31. The van der Waals surface area contributed by atoms with Gasteiger partial charge in [0.15, 0.2) is 11.5 Å². The zero-order chi connectivity index (χ0) is 19.8. The highest BCUT2D eigenvalue weighted by Crippen LogP contribution is 2.28. The first-order valence-corrected chi connectivity index (χ1v) is 10.1. The number of fused-ring (bicyclic) bond motifs is 1. The second-order valence-corrected chi connectivity index (χ2v) is 7.26. The highest BCUT2D eigenvalue weighted by Gasteiger charge is 2.05. The Balaban J connectivity index is 1.46. The summed E-state index contributed by atoms with van der Waals surface area (Å²) in [5.41, 5.74) is 1.93. The van der Waals surface area contributed by atoms with Crippen molar-refractivity contribution in [2.45, 2.75) is 19.8 Å². The van der Waals surface area contributed by atoms with E-state index in [2.05, 4.69) is 16.4 Å². The number of nitrogens with one attached hydrogen (secondary N) is 1. The quantitative estimate of drug-likeness (QED) is 0.428. The maximum Gasteiger partial charge on any atom is 0.243 e. The zero-order valence-electron chi connectivity index (χ0n) is 16.1. The topological polar surface area (TPSA) is 60.5 Å². The monoisotopic (exact) mass is 396 g/mol. The second-order valence-electron chi connectivity index (χ2n) is 6.15. The molecule has 6 heteroatoms. The van der Waals surface area contributed by atoms with Gasteiger partial charge in [-0.1, -0.05) is 18.2 Å². The van der Waals surface area contributed by atoms with E-state index >= 15 is 0 Å². The van der Waals surface area contributed by atoms with Gasteiger partial charge < -0.3 is 14.8 Å². The number of methoxy groups -OCH3 is 1. The van der Waals surface area contributed by atoms with E-state index in [0.29, 0.717) is 24.7 Å². The molecule has 0 aliphatic heterocycles. The number of para-hydroxylation sites is 1. The standard InChI is InChI=1S/C22H24N2O3S/c1-3-27-19-15-16(10-12-18(19)26-2)11-13-21(25)23-14-6-9-22-24-17-7-4-5-8-20(17)28-22/h4-5,7-8,10-13,15H,3,6,9,14H2,1-2H3,(H,23,25). The second kappa shape index (κ2) is 9.90. The summed E-state index contributed by atoms with van der Waals surface area (Å²) in [5.74, 6) is 1.24. The molecule has 0 spiro atoms. The van der Waals surface area contributed by atoms with Gasteiger partial charge in [0.2, 0.25) is 5.91 Å². The number of rotatable bonds is 9. The third-order valence-corrected chi connectivity index (χ3v) is 5.22. The molecule has 2 aromatic carbocycles. The van der Waals surface area contributed by atoms with Crippen LogP contribution in [0.3, 0.4) is 0 Å². The lowest BCUT2D eigenvalue weighted by atomic mass is 10.2. The van der Waals surface area contributed by atoms with Gasteiger partial charge in [0.1, 0.15) is 0 Å². The van der Waals surface area contributed by atoms with E-state index < -0.39 is 0 Å². The maximum atomic E-state index is 12.0. The van der Waals surface area contributed by atoms with Crippen molar-refractivity contribution in [1.82, 2.24) is 10.3 Å². The fourth-order valence-electron chi connectivity index (χ4n) is 2.77. The Hall–Kier alpha value is -2.86. The van der Waals surface area contributed by atoms with Gasteiger partial charge in [-0.25, -0.2) is 4.98 Å². The molecule has 0 saturated heterocycles. The Labute approximate surface area is 169 Å². The lowest BCUT2D eigenvalue weighted by molar-refractivity contribution is -0.116. The van der Waals surface area contributed by atoms with Crippen LogP contribution in [-0.2, 0) is 11.2 Å². The predicted octanol–water partition coefficient (Wildman–Crippen LogP) is 4.47. The van der Waals surface area contributed by atoms with Gasteiger partial charge in [0.25, 0.3) is 0 Å². The van der Waals surface area contributed by atoms with Crippen molar-refractivity contribution in [3.8, 4) is 11.5 Å². The number of benzene rings is 2. The fourth-order valence-corrected chi connectivity index (χ4v) is 3.78. The number of hydrogen-bond donors (Lipinski definition) is 1. The highest BCUT2D eigenvalue weighted by atomic mass is 32.1. The molecule has 3 aromatic rings. The molecule has 1 amide bonds. The number of aryl methyl sites for hydroxylation is 1. The Bertz CT molecular complexity index is 932. The van der Waals surface area contributed by atoms with Crippen LogP contribution >= 0.6 is 11.3 Å². The van der Waals surface area contributed by atoms with E-state index in [1.54, 1.807) is 24.5 Å². The normalized spacial score (nSPS) is 11.1. The van der Waals surface area contributed by atoms with Gasteiger partial charge in [-0.3, -0.25) is 4.79 Å². The van der Waals surface area contributed by atoms with Crippen LogP contribution < -0.4 is 14.8 Å². The fraction of sp³-hybridized carbons (Fsp3) is 0.273. The molecule has 0 aliphatic carbocycles. The molecule has 0 aliphatic rings. The van der Waals surface area contributed by atoms with Crippen LogP contribution in [0, 0.1) is 0 Å². The van der Waals surface area contributed by atoms with Crippen molar-refractivity contribution in [3.05, 3.63) is 59.1 Å². The average molecular weight is 397 g/mol. The smallest absolute Gasteiger partial charge is 0.243 e. The molecule has 3 rings (SSSR count). The van der Waals surface area contributed by atoms with Crippen molar-refractivity contribution in [2.75, 3.05) is 20.3 Å². The van der Waals surface area contributed by atoms with Gasteiger partial charge >= 0.3 is 0 Å². The summed E-state index contributed by atoms with van der Waals surface area (Å²) < 4.78 is 12.0. The Morgan fingerprint density at radius 2 is 2.07 bits per heavy atom.